The fraction of sp³-hybridized carbons (Fsp3) is 0.200. The first-order valence-corrected chi connectivity index (χ1v) is 9.50. The van der Waals surface area contributed by atoms with Gasteiger partial charge in [-0.2, -0.15) is 0 Å². The van der Waals surface area contributed by atoms with Crippen molar-refractivity contribution in [2.75, 3.05) is 6.26 Å². The van der Waals surface area contributed by atoms with Gasteiger partial charge in [0, 0.05) is 5.56 Å². The lowest BCUT2D eigenvalue weighted by Crippen LogP contribution is -2.25. The van der Waals surface area contributed by atoms with E-state index < -0.39 is 12.1 Å². The molecule has 0 bridgehead atoms. The van der Waals surface area contributed by atoms with Crippen LogP contribution in [0.2, 0.25) is 0 Å². The number of hydrogen-bond donors (Lipinski definition) is 0. The number of nitrogens with zero attached hydrogens (tertiary/aromatic N) is 2. The first-order chi connectivity index (χ1) is 13.0. The molecule has 0 aliphatic heterocycles. The van der Waals surface area contributed by atoms with Crippen molar-refractivity contribution in [3.63, 3.8) is 0 Å². The van der Waals surface area contributed by atoms with Crippen LogP contribution in [0.5, 0.6) is 0 Å². The summed E-state index contributed by atoms with van der Waals surface area (Å²) in [6.45, 7) is 3.26. The summed E-state index contributed by atoms with van der Waals surface area (Å²) in [6, 6.07) is 12.2. The molecule has 1 aromatic carbocycles. The minimum Gasteiger partial charge on any atom is -0.461 e. The van der Waals surface area contributed by atoms with Crippen LogP contribution >= 0.6 is 11.8 Å². The van der Waals surface area contributed by atoms with Gasteiger partial charge < -0.3 is 9.15 Å². The second kappa shape index (κ2) is 8.18. The third-order valence-electron chi connectivity index (χ3n) is 3.91. The first-order valence-electron chi connectivity index (χ1n) is 8.28. The van der Waals surface area contributed by atoms with Crippen LogP contribution in [0.25, 0.3) is 11.6 Å². The summed E-state index contributed by atoms with van der Waals surface area (Å²) in [5.41, 5.74) is 1.21. The Balaban J connectivity index is 1.85. The minimum absolute atomic E-state index is 0.255. The number of esters is 1. The van der Waals surface area contributed by atoms with Gasteiger partial charge in [-0.05, 0) is 32.2 Å². The summed E-state index contributed by atoms with van der Waals surface area (Å²) < 4.78 is 10.7. The Hall–Kier alpha value is -2.93. The molecule has 2 heterocycles. The van der Waals surface area contributed by atoms with Gasteiger partial charge in [-0.3, -0.25) is 4.79 Å². The van der Waals surface area contributed by atoms with Gasteiger partial charge in [0.25, 0.3) is 0 Å². The lowest BCUT2D eigenvalue weighted by atomic mass is 10.1. The number of Topliss-reactive ketones (excluding diaryl/α,β-unsaturated/α-hetero) is 1. The van der Waals surface area contributed by atoms with Crippen LogP contribution in [0.3, 0.4) is 0 Å². The lowest BCUT2D eigenvalue weighted by molar-refractivity contribution is 0.0313. The normalized spacial score (nSPS) is 11.8. The van der Waals surface area contributed by atoms with E-state index in [1.807, 2.05) is 12.3 Å². The summed E-state index contributed by atoms with van der Waals surface area (Å²) in [4.78, 5) is 33.9. The number of hydrogen-bond acceptors (Lipinski definition) is 7. The molecule has 6 nitrogen and oxygen atoms in total. The highest BCUT2D eigenvalue weighted by atomic mass is 32.2. The average molecular weight is 382 g/mol. The number of aromatic nitrogens is 2. The van der Waals surface area contributed by atoms with E-state index in [4.69, 9.17) is 9.15 Å². The Bertz CT molecular complexity index is 956. The summed E-state index contributed by atoms with van der Waals surface area (Å²) in [5.74, 6) is 0.0211. The highest BCUT2D eigenvalue weighted by Gasteiger charge is 2.25. The maximum atomic E-state index is 12.7. The van der Waals surface area contributed by atoms with Crippen molar-refractivity contribution >= 4 is 23.5 Å². The van der Waals surface area contributed by atoms with Crippen molar-refractivity contribution in [1.82, 2.24) is 9.97 Å². The average Bonchev–Trinajstić information content (AvgIpc) is 3.22. The van der Waals surface area contributed by atoms with Crippen molar-refractivity contribution < 1.29 is 18.7 Å². The fourth-order valence-corrected chi connectivity index (χ4v) is 3.17. The fourth-order valence-electron chi connectivity index (χ4n) is 2.56. The number of aryl methyl sites for hydroxylation is 1. The number of benzene rings is 1. The molecule has 0 spiro atoms. The number of carbonyl (C=O) groups is 2. The second-order valence-corrected chi connectivity index (χ2v) is 6.57. The van der Waals surface area contributed by atoms with Gasteiger partial charge in [-0.1, -0.05) is 30.3 Å². The predicted molar refractivity (Wildman–Crippen MR) is 102 cm³/mol. The Morgan fingerprint density at radius 3 is 2.48 bits per heavy atom. The Kier molecular flexibility index (Phi) is 5.71. The molecular weight excluding hydrogens is 364 g/mol. The second-order valence-electron chi connectivity index (χ2n) is 5.77. The van der Waals surface area contributed by atoms with Gasteiger partial charge in [-0.25, -0.2) is 14.8 Å². The molecule has 0 aliphatic carbocycles. The van der Waals surface area contributed by atoms with E-state index >= 15 is 0 Å². The molecule has 1 atom stereocenters. The van der Waals surface area contributed by atoms with Crippen LogP contribution in [-0.4, -0.2) is 34.1 Å². The van der Waals surface area contributed by atoms with Crippen LogP contribution in [0, 0.1) is 6.92 Å². The zero-order valence-electron chi connectivity index (χ0n) is 15.1. The van der Waals surface area contributed by atoms with E-state index in [1.165, 1.54) is 18.0 Å². The smallest absolute Gasteiger partial charge is 0.343 e. The maximum Gasteiger partial charge on any atom is 0.343 e. The standard InChI is InChI=1S/C20H18N2O4S/c1-12-16(19(27-3)22-18(21-12)15-10-7-11-25-15)20(24)26-13(2)17(23)14-8-5-4-6-9-14/h4-11,13H,1-3H3/t13-/m0/s1. The number of ether oxygens (including phenoxy) is 1. The molecule has 2 aromatic heterocycles. The summed E-state index contributed by atoms with van der Waals surface area (Å²) in [5, 5.41) is 0.471. The number of carbonyl (C=O) groups excluding carboxylic acids is 2. The largest absolute Gasteiger partial charge is 0.461 e. The van der Waals surface area contributed by atoms with Crippen molar-refractivity contribution in [3.8, 4) is 11.6 Å². The molecule has 3 rings (SSSR count). The van der Waals surface area contributed by atoms with Crippen LogP contribution < -0.4 is 0 Å². The van der Waals surface area contributed by atoms with Crippen LogP contribution in [0.15, 0.2) is 58.2 Å². The molecule has 0 amide bonds. The summed E-state index contributed by atoms with van der Waals surface area (Å²) in [6.07, 6.45) is 2.42. The molecule has 0 aliphatic rings. The molecule has 0 unspecified atom stereocenters. The van der Waals surface area contributed by atoms with Crippen LogP contribution in [-0.2, 0) is 4.74 Å². The van der Waals surface area contributed by atoms with Gasteiger partial charge >= 0.3 is 5.97 Å². The third kappa shape index (κ3) is 4.09. The van der Waals surface area contributed by atoms with Crippen LogP contribution in [0.1, 0.15) is 33.3 Å². The van der Waals surface area contributed by atoms with Gasteiger partial charge in [0.05, 0.1) is 12.0 Å². The van der Waals surface area contributed by atoms with E-state index in [0.717, 1.165) is 0 Å². The summed E-state index contributed by atoms with van der Waals surface area (Å²) in [7, 11) is 0. The summed E-state index contributed by atoms with van der Waals surface area (Å²) >= 11 is 1.30. The molecule has 0 fully saturated rings. The van der Waals surface area contributed by atoms with Crippen LogP contribution in [0.4, 0.5) is 0 Å². The molecule has 138 valence electrons. The van der Waals surface area contributed by atoms with Gasteiger partial charge in [-0.15, -0.1) is 11.8 Å². The monoisotopic (exact) mass is 382 g/mol. The Morgan fingerprint density at radius 2 is 1.85 bits per heavy atom. The predicted octanol–water partition coefficient (Wildman–Crippen LogP) is 4.20. The maximum absolute atomic E-state index is 12.7. The van der Waals surface area contributed by atoms with Gasteiger partial charge in [0.1, 0.15) is 10.6 Å². The zero-order chi connectivity index (χ0) is 19.4. The first kappa shape index (κ1) is 18.8. The number of thioether (sulfide) groups is 1. The quantitative estimate of drug-likeness (QED) is 0.273. The topological polar surface area (TPSA) is 82.3 Å². The third-order valence-corrected chi connectivity index (χ3v) is 4.59. The number of furan rings is 1. The van der Waals surface area contributed by atoms with Gasteiger partial charge in [0.2, 0.25) is 5.78 Å². The van der Waals surface area contributed by atoms with Crippen molar-refractivity contribution in [2.45, 2.75) is 25.0 Å². The highest BCUT2D eigenvalue weighted by molar-refractivity contribution is 7.98. The molecule has 3 aromatic rings. The molecule has 27 heavy (non-hydrogen) atoms. The SMILES string of the molecule is CSc1nc(-c2ccco2)nc(C)c1C(=O)O[C@@H](C)C(=O)c1ccccc1. The molecule has 0 saturated heterocycles. The van der Waals surface area contributed by atoms with Crippen molar-refractivity contribution in [3.05, 3.63) is 65.5 Å². The van der Waals surface area contributed by atoms with Gasteiger partial charge in [0.15, 0.2) is 17.7 Å². The van der Waals surface area contributed by atoms with E-state index in [2.05, 4.69) is 9.97 Å². The molecule has 7 heteroatoms. The molecule has 0 saturated carbocycles. The molecule has 0 N–H and O–H groups in total. The Morgan fingerprint density at radius 1 is 1.11 bits per heavy atom. The Labute approximate surface area is 161 Å². The van der Waals surface area contributed by atoms with E-state index in [0.29, 0.717) is 27.9 Å². The van der Waals surface area contributed by atoms with E-state index in [9.17, 15) is 9.59 Å². The van der Waals surface area contributed by atoms with E-state index in [1.54, 1.807) is 50.2 Å². The molecule has 0 radical (unpaired) electrons. The van der Waals surface area contributed by atoms with Crippen molar-refractivity contribution in [2.24, 2.45) is 0 Å². The number of rotatable bonds is 6. The number of ketones is 1. The van der Waals surface area contributed by atoms with E-state index in [-0.39, 0.29) is 11.3 Å². The minimum atomic E-state index is -0.918. The molecular formula is C20H18N2O4S. The highest BCUT2D eigenvalue weighted by Crippen LogP contribution is 2.26. The zero-order valence-corrected chi connectivity index (χ0v) is 15.9. The van der Waals surface area contributed by atoms with Crippen molar-refractivity contribution in [1.29, 1.82) is 0 Å². The lowest BCUT2D eigenvalue weighted by Gasteiger charge is -2.15.